The number of methoxy groups -OCH3 is 1. The molecule has 1 aliphatic rings. The standard InChI is InChI=1S/C12H18N2O/c1-15-12-7-6-11(9-14-12)13-8-10-4-2-3-5-10/h6-7,9-10,13H,2-5,8H2,1H3. The van der Waals surface area contributed by atoms with E-state index >= 15 is 0 Å². The first-order valence-corrected chi connectivity index (χ1v) is 5.62. The Hall–Kier alpha value is -1.25. The second-order valence-corrected chi connectivity index (χ2v) is 4.12. The Kier molecular flexibility index (Phi) is 3.43. The number of hydrogen-bond donors (Lipinski definition) is 1. The summed E-state index contributed by atoms with van der Waals surface area (Å²) in [5, 5.41) is 3.42. The molecule has 1 N–H and O–H groups in total. The lowest BCUT2D eigenvalue weighted by Gasteiger charge is -2.11. The summed E-state index contributed by atoms with van der Waals surface area (Å²) in [5.74, 6) is 1.52. The number of pyridine rings is 1. The third-order valence-corrected chi connectivity index (χ3v) is 3.02. The molecule has 3 heteroatoms. The predicted molar refractivity (Wildman–Crippen MR) is 61.2 cm³/mol. The number of rotatable bonds is 4. The minimum absolute atomic E-state index is 0.668. The summed E-state index contributed by atoms with van der Waals surface area (Å²) in [6.45, 7) is 1.08. The van der Waals surface area contributed by atoms with Crippen molar-refractivity contribution < 1.29 is 4.74 Å². The van der Waals surface area contributed by atoms with Gasteiger partial charge in [-0.3, -0.25) is 0 Å². The van der Waals surface area contributed by atoms with Gasteiger partial charge in [-0.05, 0) is 24.8 Å². The summed E-state index contributed by atoms with van der Waals surface area (Å²) in [6, 6.07) is 3.90. The average molecular weight is 206 g/mol. The van der Waals surface area contributed by atoms with Crippen LogP contribution in [0.5, 0.6) is 5.88 Å². The van der Waals surface area contributed by atoms with Gasteiger partial charge in [0.1, 0.15) is 0 Å². The summed E-state index contributed by atoms with van der Waals surface area (Å²) in [5.41, 5.74) is 1.09. The van der Waals surface area contributed by atoms with Gasteiger partial charge in [0.25, 0.3) is 0 Å². The van der Waals surface area contributed by atoms with Crippen LogP contribution in [0, 0.1) is 5.92 Å². The van der Waals surface area contributed by atoms with E-state index in [1.807, 2.05) is 18.3 Å². The zero-order chi connectivity index (χ0) is 10.5. The van der Waals surface area contributed by atoms with Crippen LogP contribution in [0.3, 0.4) is 0 Å². The first kappa shape index (κ1) is 10.3. The molecule has 0 bridgehead atoms. The second-order valence-electron chi connectivity index (χ2n) is 4.12. The molecule has 3 nitrogen and oxygen atoms in total. The number of aromatic nitrogens is 1. The van der Waals surface area contributed by atoms with Gasteiger partial charge in [0.15, 0.2) is 0 Å². The van der Waals surface area contributed by atoms with E-state index in [0.717, 1.165) is 18.2 Å². The zero-order valence-corrected chi connectivity index (χ0v) is 9.20. The smallest absolute Gasteiger partial charge is 0.213 e. The Morgan fingerprint density at radius 1 is 1.40 bits per heavy atom. The number of hydrogen-bond acceptors (Lipinski definition) is 3. The molecule has 0 saturated heterocycles. The van der Waals surface area contributed by atoms with E-state index in [9.17, 15) is 0 Å². The molecule has 0 unspecified atom stereocenters. The van der Waals surface area contributed by atoms with Crippen LogP contribution in [-0.4, -0.2) is 18.6 Å². The minimum atomic E-state index is 0.668. The Balaban J connectivity index is 1.82. The van der Waals surface area contributed by atoms with Crippen molar-refractivity contribution in [1.29, 1.82) is 0 Å². The first-order valence-electron chi connectivity index (χ1n) is 5.62. The van der Waals surface area contributed by atoms with Gasteiger partial charge in [0.05, 0.1) is 19.0 Å². The van der Waals surface area contributed by atoms with Crippen LogP contribution in [0.25, 0.3) is 0 Å². The normalized spacial score (nSPS) is 16.6. The molecule has 1 saturated carbocycles. The van der Waals surface area contributed by atoms with Crippen molar-refractivity contribution >= 4 is 5.69 Å². The average Bonchev–Trinajstić information content (AvgIpc) is 2.80. The third-order valence-electron chi connectivity index (χ3n) is 3.02. The fraction of sp³-hybridized carbons (Fsp3) is 0.583. The molecule has 0 radical (unpaired) electrons. The molecule has 15 heavy (non-hydrogen) atoms. The highest BCUT2D eigenvalue weighted by Crippen LogP contribution is 2.24. The van der Waals surface area contributed by atoms with Crippen molar-refractivity contribution in [1.82, 2.24) is 4.98 Å². The lowest BCUT2D eigenvalue weighted by molar-refractivity contribution is 0.398. The van der Waals surface area contributed by atoms with Gasteiger partial charge >= 0.3 is 0 Å². The molecular weight excluding hydrogens is 188 g/mol. The quantitative estimate of drug-likeness (QED) is 0.822. The van der Waals surface area contributed by atoms with Gasteiger partial charge in [-0.1, -0.05) is 12.8 Å². The Morgan fingerprint density at radius 3 is 2.80 bits per heavy atom. The third kappa shape index (κ3) is 2.85. The molecule has 0 aromatic carbocycles. The number of nitrogens with zero attached hydrogens (tertiary/aromatic N) is 1. The lowest BCUT2D eigenvalue weighted by atomic mass is 10.1. The molecule has 0 amide bonds. The van der Waals surface area contributed by atoms with Crippen molar-refractivity contribution in [2.75, 3.05) is 19.0 Å². The largest absolute Gasteiger partial charge is 0.481 e. The molecule has 0 atom stereocenters. The molecule has 1 heterocycles. The molecule has 0 aliphatic heterocycles. The summed E-state index contributed by atoms with van der Waals surface area (Å²) in [7, 11) is 1.63. The van der Waals surface area contributed by atoms with E-state index in [2.05, 4.69) is 10.3 Å². The van der Waals surface area contributed by atoms with Crippen molar-refractivity contribution in [3.63, 3.8) is 0 Å². The van der Waals surface area contributed by atoms with Crippen molar-refractivity contribution in [2.45, 2.75) is 25.7 Å². The molecule has 1 aromatic heterocycles. The van der Waals surface area contributed by atoms with E-state index in [-0.39, 0.29) is 0 Å². The van der Waals surface area contributed by atoms with Crippen LogP contribution in [0.15, 0.2) is 18.3 Å². The number of anilines is 1. The van der Waals surface area contributed by atoms with E-state index in [1.54, 1.807) is 7.11 Å². The SMILES string of the molecule is COc1ccc(NCC2CCCC2)cn1. The summed E-state index contributed by atoms with van der Waals surface area (Å²) in [6.07, 6.45) is 7.36. The maximum atomic E-state index is 5.01. The summed E-state index contributed by atoms with van der Waals surface area (Å²) >= 11 is 0. The van der Waals surface area contributed by atoms with Crippen LogP contribution in [0.2, 0.25) is 0 Å². The molecule has 0 spiro atoms. The van der Waals surface area contributed by atoms with Crippen LogP contribution in [0.4, 0.5) is 5.69 Å². The lowest BCUT2D eigenvalue weighted by Crippen LogP contribution is -2.10. The van der Waals surface area contributed by atoms with Gasteiger partial charge < -0.3 is 10.1 Å². The first-order chi connectivity index (χ1) is 7.38. The van der Waals surface area contributed by atoms with Gasteiger partial charge in [-0.2, -0.15) is 0 Å². The summed E-state index contributed by atoms with van der Waals surface area (Å²) < 4.78 is 5.01. The van der Waals surface area contributed by atoms with Crippen LogP contribution in [0.1, 0.15) is 25.7 Å². The zero-order valence-electron chi connectivity index (χ0n) is 9.20. The predicted octanol–water partition coefficient (Wildman–Crippen LogP) is 2.69. The number of nitrogens with one attached hydrogen (secondary N) is 1. The number of ether oxygens (including phenoxy) is 1. The fourth-order valence-corrected chi connectivity index (χ4v) is 2.08. The monoisotopic (exact) mass is 206 g/mol. The fourth-order valence-electron chi connectivity index (χ4n) is 2.08. The van der Waals surface area contributed by atoms with Crippen LogP contribution < -0.4 is 10.1 Å². The van der Waals surface area contributed by atoms with Crippen molar-refractivity contribution in [3.05, 3.63) is 18.3 Å². The van der Waals surface area contributed by atoms with Crippen molar-refractivity contribution in [2.24, 2.45) is 5.92 Å². The second kappa shape index (κ2) is 5.01. The maximum absolute atomic E-state index is 5.01. The molecule has 1 fully saturated rings. The van der Waals surface area contributed by atoms with Gasteiger partial charge in [-0.15, -0.1) is 0 Å². The van der Waals surface area contributed by atoms with E-state index in [4.69, 9.17) is 4.74 Å². The summed E-state index contributed by atoms with van der Waals surface area (Å²) in [4.78, 5) is 4.16. The van der Waals surface area contributed by atoms with E-state index in [1.165, 1.54) is 25.7 Å². The maximum Gasteiger partial charge on any atom is 0.213 e. The molecular formula is C12H18N2O. The Bertz CT molecular complexity index is 291. The minimum Gasteiger partial charge on any atom is -0.481 e. The van der Waals surface area contributed by atoms with Crippen LogP contribution >= 0.6 is 0 Å². The molecule has 2 rings (SSSR count). The van der Waals surface area contributed by atoms with Gasteiger partial charge in [-0.25, -0.2) is 4.98 Å². The molecule has 1 aliphatic carbocycles. The van der Waals surface area contributed by atoms with Gasteiger partial charge in [0.2, 0.25) is 5.88 Å². The van der Waals surface area contributed by atoms with E-state index < -0.39 is 0 Å². The Labute approximate surface area is 90.9 Å². The topological polar surface area (TPSA) is 34.1 Å². The molecule has 82 valence electrons. The highest BCUT2D eigenvalue weighted by Gasteiger charge is 2.14. The Morgan fingerprint density at radius 2 is 2.20 bits per heavy atom. The van der Waals surface area contributed by atoms with Gasteiger partial charge in [0, 0.05) is 12.6 Å². The van der Waals surface area contributed by atoms with E-state index in [0.29, 0.717) is 5.88 Å². The van der Waals surface area contributed by atoms with Crippen molar-refractivity contribution in [3.8, 4) is 5.88 Å². The molecule has 1 aromatic rings. The highest BCUT2D eigenvalue weighted by molar-refractivity contribution is 5.41. The van der Waals surface area contributed by atoms with Crippen LogP contribution in [-0.2, 0) is 0 Å². The highest BCUT2D eigenvalue weighted by atomic mass is 16.5.